The topological polar surface area (TPSA) is 106 Å². The minimum atomic E-state index is -0.564. The molecule has 1 aliphatic heterocycles. The summed E-state index contributed by atoms with van der Waals surface area (Å²) in [6.07, 6.45) is 0.447. The third-order valence-corrected chi connectivity index (χ3v) is 4.50. The molecule has 0 bridgehead atoms. The van der Waals surface area contributed by atoms with E-state index in [2.05, 4.69) is 15.6 Å². The Hall–Kier alpha value is -2.74. The largest absolute Gasteiger partial charge is 0.357 e. The van der Waals surface area contributed by atoms with Crippen LogP contribution in [-0.4, -0.2) is 57.4 Å². The Morgan fingerprint density at radius 3 is 2.72 bits per heavy atom. The molecule has 2 heterocycles. The summed E-state index contributed by atoms with van der Waals surface area (Å²) in [4.78, 5) is 26.4. The molecule has 0 aliphatic carbocycles. The second-order valence-electron chi connectivity index (χ2n) is 6.25. The third-order valence-electron chi connectivity index (χ3n) is 4.50. The number of amides is 2. The second-order valence-corrected chi connectivity index (χ2v) is 6.25. The first-order chi connectivity index (χ1) is 12.0. The van der Waals surface area contributed by atoms with Crippen molar-refractivity contribution >= 4 is 11.8 Å². The summed E-state index contributed by atoms with van der Waals surface area (Å²) in [6.45, 7) is 2.67. The van der Waals surface area contributed by atoms with Crippen LogP contribution in [0.2, 0.25) is 0 Å². The van der Waals surface area contributed by atoms with Crippen molar-refractivity contribution in [1.82, 2.24) is 25.2 Å². The van der Waals surface area contributed by atoms with E-state index in [0.29, 0.717) is 25.2 Å². The highest BCUT2D eigenvalue weighted by Gasteiger charge is 2.39. The molecule has 8 heteroatoms. The number of carbonyl (C=O) groups excluding carboxylic acids is 2. The van der Waals surface area contributed by atoms with Crippen LogP contribution in [0.15, 0.2) is 30.3 Å². The zero-order chi connectivity index (χ0) is 18.0. The average molecular weight is 342 g/mol. The predicted octanol–water partition coefficient (Wildman–Crippen LogP) is -0.0774. The molecule has 1 fully saturated rings. The van der Waals surface area contributed by atoms with Crippen LogP contribution < -0.4 is 11.1 Å². The van der Waals surface area contributed by atoms with Gasteiger partial charge in [0, 0.05) is 19.6 Å². The lowest BCUT2D eigenvalue weighted by atomic mass is 10.1. The maximum atomic E-state index is 12.9. The minimum Gasteiger partial charge on any atom is -0.357 e. The zero-order valence-corrected chi connectivity index (χ0v) is 14.3. The van der Waals surface area contributed by atoms with Gasteiger partial charge in [-0.25, -0.2) is 4.68 Å². The molecule has 3 N–H and O–H groups in total. The van der Waals surface area contributed by atoms with Gasteiger partial charge >= 0.3 is 0 Å². The lowest BCUT2D eigenvalue weighted by Gasteiger charge is -2.22. The van der Waals surface area contributed by atoms with Crippen molar-refractivity contribution in [3.63, 3.8) is 0 Å². The number of benzene rings is 1. The molecule has 0 unspecified atom stereocenters. The fraction of sp³-hybridized carbons (Fsp3) is 0.412. The molecule has 0 saturated carbocycles. The molecule has 1 saturated heterocycles. The molecule has 132 valence electrons. The van der Waals surface area contributed by atoms with Gasteiger partial charge in [0.2, 0.25) is 5.91 Å². The molecule has 1 aliphatic rings. The molecule has 8 nitrogen and oxygen atoms in total. The Morgan fingerprint density at radius 2 is 2.04 bits per heavy atom. The van der Waals surface area contributed by atoms with E-state index in [1.54, 1.807) is 18.7 Å². The van der Waals surface area contributed by atoms with Crippen molar-refractivity contribution in [3.8, 4) is 0 Å². The van der Waals surface area contributed by atoms with Crippen LogP contribution in [0, 0.1) is 6.92 Å². The number of hydrogen-bond donors (Lipinski definition) is 2. The first kappa shape index (κ1) is 17.1. The van der Waals surface area contributed by atoms with E-state index < -0.39 is 6.04 Å². The third kappa shape index (κ3) is 3.39. The molecule has 2 atom stereocenters. The highest BCUT2D eigenvalue weighted by molar-refractivity contribution is 5.97. The lowest BCUT2D eigenvalue weighted by Crippen LogP contribution is -2.45. The van der Waals surface area contributed by atoms with Gasteiger partial charge < -0.3 is 16.0 Å². The van der Waals surface area contributed by atoms with Gasteiger partial charge in [-0.2, -0.15) is 0 Å². The maximum absolute atomic E-state index is 12.9. The van der Waals surface area contributed by atoms with Crippen molar-refractivity contribution in [2.24, 2.45) is 5.73 Å². The van der Waals surface area contributed by atoms with Crippen molar-refractivity contribution in [1.29, 1.82) is 0 Å². The quantitative estimate of drug-likeness (QED) is 0.808. The summed E-state index contributed by atoms with van der Waals surface area (Å²) in [6, 6.07) is 9.05. The van der Waals surface area contributed by atoms with Crippen molar-refractivity contribution < 1.29 is 9.59 Å². The molecule has 2 amide bonds. The van der Waals surface area contributed by atoms with E-state index in [0.717, 1.165) is 5.56 Å². The fourth-order valence-corrected chi connectivity index (χ4v) is 3.11. The van der Waals surface area contributed by atoms with Crippen LogP contribution >= 0.6 is 0 Å². The standard InChI is InChI=1S/C17H22N6O2/c1-11-15(20-21-23(11)9-12-6-4-3-5-7-12)17(25)22-10-13(18)8-14(22)16(24)19-2/h3-7,13-14H,8-10,18H2,1-2H3,(H,19,24)/t13-,14-/m0/s1. The van der Waals surface area contributed by atoms with Crippen molar-refractivity contribution in [2.75, 3.05) is 13.6 Å². The molecule has 1 aromatic carbocycles. The first-order valence-corrected chi connectivity index (χ1v) is 8.23. The molecule has 1 aromatic heterocycles. The summed E-state index contributed by atoms with van der Waals surface area (Å²) in [5.41, 5.74) is 7.96. The maximum Gasteiger partial charge on any atom is 0.277 e. The minimum absolute atomic E-state index is 0.212. The van der Waals surface area contributed by atoms with Gasteiger partial charge in [-0.05, 0) is 18.9 Å². The van der Waals surface area contributed by atoms with Crippen LogP contribution in [0.4, 0.5) is 0 Å². The fourth-order valence-electron chi connectivity index (χ4n) is 3.11. The highest BCUT2D eigenvalue weighted by Crippen LogP contribution is 2.20. The number of likely N-dealkylation sites (tertiary alicyclic amines) is 1. The molecular formula is C17H22N6O2. The van der Waals surface area contributed by atoms with Gasteiger partial charge in [0.15, 0.2) is 5.69 Å². The van der Waals surface area contributed by atoms with Gasteiger partial charge in [-0.15, -0.1) is 5.10 Å². The van der Waals surface area contributed by atoms with Gasteiger partial charge in [-0.3, -0.25) is 9.59 Å². The number of aromatic nitrogens is 3. The van der Waals surface area contributed by atoms with Crippen LogP contribution in [-0.2, 0) is 11.3 Å². The van der Waals surface area contributed by atoms with Crippen LogP contribution in [0.25, 0.3) is 0 Å². The molecular weight excluding hydrogens is 320 g/mol. The number of nitrogens with two attached hydrogens (primary N) is 1. The van der Waals surface area contributed by atoms with E-state index in [-0.39, 0.29) is 23.6 Å². The Morgan fingerprint density at radius 1 is 1.32 bits per heavy atom. The number of carbonyl (C=O) groups is 2. The van der Waals surface area contributed by atoms with Gasteiger partial charge in [0.25, 0.3) is 5.91 Å². The van der Waals surface area contributed by atoms with Crippen LogP contribution in [0.1, 0.15) is 28.2 Å². The summed E-state index contributed by atoms with van der Waals surface area (Å²) >= 11 is 0. The van der Waals surface area contributed by atoms with Crippen molar-refractivity contribution in [2.45, 2.75) is 32.0 Å². The summed E-state index contributed by atoms with van der Waals surface area (Å²) in [5, 5.41) is 10.7. The van der Waals surface area contributed by atoms with Crippen molar-refractivity contribution in [3.05, 3.63) is 47.3 Å². The molecule has 3 rings (SSSR count). The smallest absolute Gasteiger partial charge is 0.277 e. The van der Waals surface area contributed by atoms with E-state index in [4.69, 9.17) is 5.73 Å². The Balaban J connectivity index is 1.82. The normalized spacial score (nSPS) is 19.9. The van der Waals surface area contributed by atoms with E-state index in [9.17, 15) is 9.59 Å². The number of rotatable bonds is 4. The molecule has 0 spiro atoms. The van der Waals surface area contributed by atoms with E-state index in [1.165, 1.54) is 4.90 Å². The zero-order valence-electron chi connectivity index (χ0n) is 14.3. The average Bonchev–Trinajstić information content (AvgIpc) is 3.18. The van der Waals surface area contributed by atoms with E-state index in [1.807, 2.05) is 30.3 Å². The summed E-state index contributed by atoms with van der Waals surface area (Å²) in [7, 11) is 1.55. The summed E-state index contributed by atoms with van der Waals surface area (Å²) < 4.78 is 1.69. The second kappa shape index (κ2) is 7.02. The Kier molecular flexibility index (Phi) is 4.80. The highest BCUT2D eigenvalue weighted by atomic mass is 16.2. The van der Waals surface area contributed by atoms with Gasteiger partial charge in [0.1, 0.15) is 6.04 Å². The van der Waals surface area contributed by atoms with Gasteiger partial charge in [0.05, 0.1) is 12.2 Å². The van der Waals surface area contributed by atoms with Crippen LogP contribution in [0.3, 0.4) is 0 Å². The Bertz CT molecular complexity index is 773. The first-order valence-electron chi connectivity index (χ1n) is 8.23. The SMILES string of the molecule is CNC(=O)[C@@H]1C[C@H](N)CN1C(=O)c1nnn(Cc2ccccc2)c1C. The molecule has 25 heavy (non-hydrogen) atoms. The number of hydrogen-bond acceptors (Lipinski definition) is 5. The predicted molar refractivity (Wildman–Crippen MR) is 91.8 cm³/mol. The number of nitrogens with one attached hydrogen (secondary N) is 1. The summed E-state index contributed by atoms with van der Waals surface area (Å²) in [5.74, 6) is -0.519. The molecule has 0 radical (unpaired) electrons. The molecule has 2 aromatic rings. The van der Waals surface area contributed by atoms with E-state index >= 15 is 0 Å². The Labute approximate surface area is 146 Å². The lowest BCUT2D eigenvalue weighted by molar-refractivity contribution is -0.124. The monoisotopic (exact) mass is 342 g/mol. The van der Waals surface area contributed by atoms with Crippen LogP contribution in [0.5, 0.6) is 0 Å². The number of nitrogens with zero attached hydrogens (tertiary/aromatic N) is 4. The van der Waals surface area contributed by atoms with Gasteiger partial charge in [-0.1, -0.05) is 35.5 Å². The number of likely N-dealkylation sites (N-methyl/N-ethyl adjacent to an activating group) is 1.